The zero-order valence-corrected chi connectivity index (χ0v) is 8.95. The Morgan fingerprint density at radius 2 is 2.06 bits per heavy atom. The summed E-state index contributed by atoms with van der Waals surface area (Å²) in [5.74, 6) is -0.0628. The molecule has 2 heterocycles. The highest BCUT2D eigenvalue weighted by Crippen LogP contribution is 2.38. The van der Waals surface area contributed by atoms with E-state index in [1.54, 1.807) is 10.9 Å². The Morgan fingerprint density at radius 1 is 1.35 bits per heavy atom. The highest BCUT2D eigenvalue weighted by molar-refractivity contribution is 5.86. The van der Waals surface area contributed by atoms with Gasteiger partial charge in [0.05, 0.1) is 11.3 Å². The zero-order chi connectivity index (χ0) is 11.8. The van der Waals surface area contributed by atoms with E-state index in [1.165, 1.54) is 25.2 Å². The van der Waals surface area contributed by atoms with E-state index in [1.807, 2.05) is 6.07 Å². The summed E-state index contributed by atoms with van der Waals surface area (Å²) in [5.41, 5.74) is 1.12. The largest absolute Gasteiger partial charge is 0.478 e. The van der Waals surface area contributed by atoms with Gasteiger partial charge in [0, 0.05) is 24.5 Å². The molecule has 0 unspecified atom stereocenters. The lowest BCUT2D eigenvalue weighted by atomic mass is 10.3. The maximum Gasteiger partial charge on any atom is 0.338 e. The van der Waals surface area contributed by atoms with Gasteiger partial charge in [-0.1, -0.05) is 0 Å². The molecule has 0 spiro atoms. The Hall–Kier alpha value is -2.24. The molecule has 6 nitrogen and oxygen atoms in total. The summed E-state index contributed by atoms with van der Waals surface area (Å²) in [5, 5.41) is 13.1. The number of carboxylic acid groups (broad SMARTS) is 1. The third-order valence-electron chi connectivity index (χ3n) is 2.70. The minimum atomic E-state index is -1.03. The molecule has 0 aliphatic heterocycles. The van der Waals surface area contributed by atoms with E-state index in [9.17, 15) is 4.79 Å². The fourth-order valence-electron chi connectivity index (χ4n) is 1.60. The number of aromatic nitrogens is 4. The topological polar surface area (TPSA) is 80.9 Å². The van der Waals surface area contributed by atoms with Gasteiger partial charge in [-0.05, 0) is 18.9 Å². The second-order valence-electron chi connectivity index (χ2n) is 4.04. The van der Waals surface area contributed by atoms with Crippen molar-refractivity contribution >= 4 is 5.97 Å². The fraction of sp³-hybridized carbons (Fsp3) is 0.273. The predicted molar refractivity (Wildman–Crippen MR) is 58.1 cm³/mol. The normalized spacial score (nSPS) is 14.8. The van der Waals surface area contributed by atoms with Crippen LogP contribution in [0.5, 0.6) is 0 Å². The van der Waals surface area contributed by atoms with Crippen LogP contribution in [0.3, 0.4) is 0 Å². The van der Waals surface area contributed by atoms with Crippen molar-refractivity contribution in [3.63, 3.8) is 0 Å². The van der Waals surface area contributed by atoms with Gasteiger partial charge in [0.2, 0.25) is 5.95 Å². The average Bonchev–Trinajstić information content (AvgIpc) is 3.07. The number of carboxylic acids is 1. The summed E-state index contributed by atoms with van der Waals surface area (Å²) in [7, 11) is 0. The molecule has 0 atom stereocenters. The van der Waals surface area contributed by atoms with E-state index >= 15 is 0 Å². The first kappa shape index (κ1) is 9.95. The monoisotopic (exact) mass is 230 g/mol. The lowest BCUT2D eigenvalue weighted by molar-refractivity contribution is 0.0696. The first-order chi connectivity index (χ1) is 8.24. The maximum absolute atomic E-state index is 10.6. The minimum Gasteiger partial charge on any atom is -0.478 e. The Kier molecular flexibility index (Phi) is 2.14. The van der Waals surface area contributed by atoms with Crippen LogP contribution in [0.15, 0.2) is 24.7 Å². The van der Waals surface area contributed by atoms with Crippen LogP contribution in [-0.4, -0.2) is 30.8 Å². The lowest BCUT2D eigenvalue weighted by Gasteiger charge is -1.99. The maximum atomic E-state index is 10.6. The highest BCUT2D eigenvalue weighted by atomic mass is 16.4. The molecule has 0 saturated heterocycles. The molecular weight excluding hydrogens is 220 g/mol. The predicted octanol–water partition coefficient (Wildman–Crippen LogP) is 1.24. The van der Waals surface area contributed by atoms with E-state index < -0.39 is 5.97 Å². The first-order valence-corrected chi connectivity index (χ1v) is 5.35. The van der Waals surface area contributed by atoms with Gasteiger partial charge in [0.1, 0.15) is 0 Å². The van der Waals surface area contributed by atoms with Crippen molar-refractivity contribution < 1.29 is 9.90 Å². The van der Waals surface area contributed by atoms with Gasteiger partial charge in [-0.2, -0.15) is 5.10 Å². The van der Waals surface area contributed by atoms with Gasteiger partial charge in [0.15, 0.2) is 0 Å². The zero-order valence-electron chi connectivity index (χ0n) is 8.95. The van der Waals surface area contributed by atoms with Crippen molar-refractivity contribution in [1.82, 2.24) is 19.7 Å². The Balaban J connectivity index is 1.89. The molecule has 1 N–H and O–H groups in total. The van der Waals surface area contributed by atoms with E-state index in [0.29, 0.717) is 11.9 Å². The summed E-state index contributed by atoms with van der Waals surface area (Å²) in [4.78, 5) is 18.6. The molecule has 6 heteroatoms. The van der Waals surface area contributed by atoms with Crippen LogP contribution in [-0.2, 0) is 0 Å². The molecule has 1 saturated carbocycles. The van der Waals surface area contributed by atoms with Gasteiger partial charge in [-0.25, -0.2) is 19.4 Å². The number of hydrogen-bond acceptors (Lipinski definition) is 4. The third kappa shape index (κ3) is 1.89. The number of rotatable bonds is 3. The van der Waals surface area contributed by atoms with Crippen LogP contribution in [0, 0.1) is 0 Å². The molecule has 1 aliphatic rings. The van der Waals surface area contributed by atoms with Crippen LogP contribution in [0.4, 0.5) is 0 Å². The van der Waals surface area contributed by atoms with E-state index in [-0.39, 0.29) is 5.56 Å². The van der Waals surface area contributed by atoms with Gasteiger partial charge in [-0.3, -0.25) is 0 Å². The number of carbonyl (C=O) groups is 1. The molecular formula is C11H10N4O2. The third-order valence-corrected chi connectivity index (χ3v) is 2.70. The molecule has 0 amide bonds. The van der Waals surface area contributed by atoms with E-state index in [4.69, 9.17) is 5.11 Å². The second-order valence-corrected chi connectivity index (χ2v) is 4.04. The molecule has 0 radical (unpaired) electrons. The standard InChI is InChI=1S/C11H10N4O2/c16-10(17)8-5-12-11(13-6-8)15-4-3-9(14-15)7-1-2-7/h3-7H,1-2H2,(H,16,17). The molecule has 0 aromatic carbocycles. The van der Waals surface area contributed by atoms with Crippen LogP contribution in [0.25, 0.3) is 5.95 Å². The van der Waals surface area contributed by atoms with Crippen LogP contribution < -0.4 is 0 Å². The van der Waals surface area contributed by atoms with Crippen LogP contribution in [0.1, 0.15) is 34.8 Å². The summed E-state index contributed by atoms with van der Waals surface area (Å²) in [6, 6.07) is 1.95. The molecule has 17 heavy (non-hydrogen) atoms. The van der Waals surface area contributed by atoms with Crippen molar-refractivity contribution in [3.05, 3.63) is 35.9 Å². The number of aromatic carboxylic acids is 1. The molecule has 3 rings (SSSR count). The van der Waals surface area contributed by atoms with Crippen LogP contribution >= 0.6 is 0 Å². The fourth-order valence-corrected chi connectivity index (χ4v) is 1.60. The van der Waals surface area contributed by atoms with Gasteiger partial charge >= 0.3 is 5.97 Å². The van der Waals surface area contributed by atoms with Crippen molar-refractivity contribution in [1.29, 1.82) is 0 Å². The summed E-state index contributed by atoms with van der Waals surface area (Å²) in [6.45, 7) is 0. The molecule has 86 valence electrons. The average molecular weight is 230 g/mol. The number of hydrogen-bond donors (Lipinski definition) is 1. The smallest absolute Gasteiger partial charge is 0.338 e. The Bertz CT molecular complexity index is 557. The number of nitrogens with zero attached hydrogens (tertiary/aromatic N) is 4. The van der Waals surface area contributed by atoms with Gasteiger partial charge in [0.25, 0.3) is 0 Å². The van der Waals surface area contributed by atoms with Crippen LogP contribution in [0.2, 0.25) is 0 Å². The van der Waals surface area contributed by atoms with Crippen molar-refractivity contribution in [3.8, 4) is 5.95 Å². The first-order valence-electron chi connectivity index (χ1n) is 5.35. The quantitative estimate of drug-likeness (QED) is 0.857. The molecule has 1 fully saturated rings. The molecule has 2 aromatic rings. The summed E-state index contributed by atoms with van der Waals surface area (Å²) < 4.78 is 1.57. The minimum absolute atomic E-state index is 0.0725. The molecule has 2 aromatic heterocycles. The van der Waals surface area contributed by atoms with Crippen molar-refractivity contribution in [2.45, 2.75) is 18.8 Å². The van der Waals surface area contributed by atoms with E-state index in [2.05, 4.69) is 15.1 Å². The van der Waals surface area contributed by atoms with Crippen molar-refractivity contribution in [2.75, 3.05) is 0 Å². The van der Waals surface area contributed by atoms with Gasteiger partial charge in [-0.15, -0.1) is 0 Å². The molecule has 1 aliphatic carbocycles. The SMILES string of the molecule is O=C(O)c1cnc(-n2ccc(C3CC3)n2)nc1. The van der Waals surface area contributed by atoms with Crippen molar-refractivity contribution in [2.24, 2.45) is 0 Å². The molecule has 0 bridgehead atoms. The second kappa shape index (κ2) is 3.65. The summed E-state index contributed by atoms with van der Waals surface area (Å²) in [6.07, 6.45) is 6.74. The summed E-state index contributed by atoms with van der Waals surface area (Å²) >= 11 is 0. The van der Waals surface area contributed by atoms with Gasteiger partial charge < -0.3 is 5.11 Å². The Labute approximate surface area is 96.9 Å². The Morgan fingerprint density at radius 3 is 2.65 bits per heavy atom. The highest BCUT2D eigenvalue weighted by Gasteiger charge is 2.26. The lowest BCUT2D eigenvalue weighted by Crippen LogP contribution is -2.05. The van der Waals surface area contributed by atoms with E-state index in [0.717, 1.165) is 5.69 Å².